The highest BCUT2D eigenvalue weighted by molar-refractivity contribution is 6.07. The van der Waals surface area contributed by atoms with E-state index in [0.717, 1.165) is 42.2 Å². The Balaban J connectivity index is 1.58. The fraction of sp³-hybridized carbons (Fsp3) is 0.471. The van der Waals surface area contributed by atoms with E-state index in [4.69, 9.17) is 12.0 Å². The molecular formula is C34H46N4. The van der Waals surface area contributed by atoms with Crippen LogP contribution in [0.5, 0.6) is 0 Å². The van der Waals surface area contributed by atoms with E-state index in [1.54, 1.807) is 0 Å². The second-order valence-electron chi connectivity index (χ2n) is 11.9. The van der Waals surface area contributed by atoms with Crippen LogP contribution in [0.4, 0.5) is 0 Å². The molecule has 2 fully saturated rings. The number of nitrogens with zero attached hydrogens (tertiary/aromatic N) is 2. The first-order valence-electron chi connectivity index (χ1n) is 14.2. The Bertz CT molecular complexity index is 1210. The predicted octanol–water partition coefficient (Wildman–Crippen LogP) is 7.77. The van der Waals surface area contributed by atoms with Crippen molar-refractivity contribution in [3.8, 4) is 0 Å². The van der Waals surface area contributed by atoms with E-state index in [1.807, 2.05) is 37.3 Å². The number of nitrogens with one attached hydrogen (secondary N) is 2. The van der Waals surface area contributed by atoms with Gasteiger partial charge in [0.25, 0.3) is 0 Å². The summed E-state index contributed by atoms with van der Waals surface area (Å²) in [6.45, 7) is 22.2. The summed E-state index contributed by atoms with van der Waals surface area (Å²) in [6, 6.07) is 9.70. The first-order valence-corrected chi connectivity index (χ1v) is 14.2. The lowest BCUT2D eigenvalue weighted by molar-refractivity contribution is 0.0125. The minimum atomic E-state index is -0.437. The highest BCUT2D eigenvalue weighted by Gasteiger charge is 2.49. The Morgan fingerprint density at radius 3 is 2.55 bits per heavy atom. The van der Waals surface area contributed by atoms with Crippen molar-refractivity contribution in [3.05, 3.63) is 95.3 Å². The average molecular weight is 511 g/mol. The summed E-state index contributed by atoms with van der Waals surface area (Å²) in [6.07, 6.45) is 13.4. The van der Waals surface area contributed by atoms with E-state index in [9.17, 15) is 0 Å². The van der Waals surface area contributed by atoms with E-state index in [0.29, 0.717) is 0 Å². The lowest BCUT2D eigenvalue weighted by atomic mass is 9.68. The smallest absolute Gasteiger partial charge is 0.151 e. The minimum Gasteiger partial charge on any atom is -0.375 e. The van der Waals surface area contributed by atoms with Crippen molar-refractivity contribution in [2.75, 3.05) is 13.1 Å². The van der Waals surface area contributed by atoms with Crippen LogP contribution < -0.4 is 5.32 Å². The van der Waals surface area contributed by atoms with Gasteiger partial charge in [0, 0.05) is 30.1 Å². The second kappa shape index (κ2) is 11.4. The first-order chi connectivity index (χ1) is 18.1. The molecule has 1 unspecified atom stereocenters. The fourth-order valence-corrected chi connectivity index (χ4v) is 5.85. The van der Waals surface area contributed by atoms with Gasteiger partial charge in [-0.25, -0.2) is 4.99 Å². The Kier molecular flexibility index (Phi) is 8.42. The van der Waals surface area contributed by atoms with Crippen molar-refractivity contribution >= 4 is 11.5 Å². The molecule has 1 heterocycles. The minimum absolute atomic E-state index is 0.0314. The topological polar surface area (TPSA) is 51.5 Å². The second-order valence-corrected chi connectivity index (χ2v) is 11.9. The molecule has 4 rings (SSSR count). The number of hydrogen-bond acceptors (Lipinski definition) is 3. The molecule has 0 amide bonds. The van der Waals surface area contributed by atoms with Crippen molar-refractivity contribution < 1.29 is 0 Å². The zero-order valence-electron chi connectivity index (χ0n) is 24.2. The number of rotatable bonds is 8. The van der Waals surface area contributed by atoms with Crippen LogP contribution in [0.2, 0.25) is 0 Å². The molecule has 38 heavy (non-hydrogen) atoms. The predicted molar refractivity (Wildman–Crippen MR) is 163 cm³/mol. The van der Waals surface area contributed by atoms with Crippen LogP contribution in [0.1, 0.15) is 78.7 Å². The van der Waals surface area contributed by atoms with E-state index in [2.05, 4.69) is 67.7 Å². The Hall–Kier alpha value is -2.98. The summed E-state index contributed by atoms with van der Waals surface area (Å²) in [5.74, 6) is 1.15. The van der Waals surface area contributed by atoms with Gasteiger partial charge < -0.3 is 5.32 Å². The average Bonchev–Trinajstić information content (AvgIpc) is 3.70. The molecule has 0 bridgehead atoms. The van der Waals surface area contributed by atoms with Gasteiger partial charge in [0.1, 0.15) is 0 Å². The van der Waals surface area contributed by atoms with Gasteiger partial charge >= 0.3 is 0 Å². The molecule has 1 aliphatic heterocycles. The van der Waals surface area contributed by atoms with E-state index in [-0.39, 0.29) is 11.4 Å². The van der Waals surface area contributed by atoms with Gasteiger partial charge in [0.2, 0.25) is 0 Å². The summed E-state index contributed by atoms with van der Waals surface area (Å²) in [4.78, 5) is 7.38. The monoisotopic (exact) mass is 510 g/mol. The van der Waals surface area contributed by atoms with Gasteiger partial charge in [-0.2, -0.15) is 0 Å². The van der Waals surface area contributed by atoms with Crippen LogP contribution in [0, 0.1) is 11.3 Å². The van der Waals surface area contributed by atoms with Crippen LogP contribution in [0.15, 0.2) is 94.7 Å². The lowest BCUT2D eigenvalue weighted by Gasteiger charge is -2.56. The van der Waals surface area contributed by atoms with Crippen molar-refractivity contribution in [2.24, 2.45) is 10.9 Å². The molecule has 4 heteroatoms. The SMILES string of the molecule is C=C(NC(C)(C)C(C)=NC(=N)c1ccccc1)/C1=C(\C)CC2(CCN2CC2CC2)C(=C)/C(=C\C=C/C)CC1. The number of hydrogen-bond donors (Lipinski definition) is 2. The fourth-order valence-electron chi connectivity index (χ4n) is 5.85. The highest BCUT2D eigenvalue weighted by atomic mass is 15.3. The van der Waals surface area contributed by atoms with Gasteiger partial charge in [-0.15, -0.1) is 0 Å². The lowest BCUT2D eigenvalue weighted by Crippen LogP contribution is -2.61. The van der Waals surface area contributed by atoms with Gasteiger partial charge in [-0.1, -0.05) is 67.3 Å². The third kappa shape index (κ3) is 6.02. The standard InChI is InChI=1S/C34H46N4/c1-8-9-13-29-18-19-31(24(2)22-34(25(29)3)20-21-38(34)23-28-16-17-28)26(4)37-33(6,7)27(5)36-32(35)30-14-11-10-12-15-30/h8-15,28,35,37H,3-4,16-23H2,1-2,5-7H3/b9-8-,29-13-,31-24+,35-32?,36-27?. The molecule has 1 saturated heterocycles. The van der Waals surface area contributed by atoms with Crippen LogP contribution in [-0.4, -0.2) is 40.6 Å². The molecule has 3 aliphatic rings. The largest absolute Gasteiger partial charge is 0.375 e. The van der Waals surface area contributed by atoms with Crippen LogP contribution in [0.25, 0.3) is 0 Å². The van der Waals surface area contributed by atoms with E-state index in [1.165, 1.54) is 54.6 Å². The molecule has 0 radical (unpaired) electrons. The molecule has 2 N–H and O–H groups in total. The highest BCUT2D eigenvalue weighted by Crippen LogP contribution is 2.49. The molecule has 202 valence electrons. The van der Waals surface area contributed by atoms with E-state index >= 15 is 0 Å². The van der Waals surface area contributed by atoms with E-state index < -0.39 is 5.54 Å². The Morgan fingerprint density at radius 2 is 1.95 bits per heavy atom. The van der Waals surface area contributed by atoms with Gasteiger partial charge in [-0.05, 0) is 95.8 Å². The number of likely N-dealkylation sites (tertiary alicyclic amines) is 1. The number of benzene rings is 1. The molecular weight excluding hydrogens is 464 g/mol. The third-order valence-corrected chi connectivity index (χ3v) is 8.79. The van der Waals surface area contributed by atoms with Gasteiger partial charge in [0.15, 0.2) is 5.84 Å². The van der Waals surface area contributed by atoms with Crippen LogP contribution in [0.3, 0.4) is 0 Å². The summed E-state index contributed by atoms with van der Waals surface area (Å²) < 4.78 is 0. The van der Waals surface area contributed by atoms with Crippen molar-refractivity contribution in [1.29, 1.82) is 5.41 Å². The molecule has 1 aromatic rings. The third-order valence-electron chi connectivity index (χ3n) is 8.79. The van der Waals surface area contributed by atoms with Gasteiger partial charge in [0.05, 0.1) is 11.1 Å². The van der Waals surface area contributed by atoms with Crippen molar-refractivity contribution in [3.63, 3.8) is 0 Å². The van der Waals surface area contributed by atoms with Crippen molar-refractivity contribution in [1.82, 2.24) is 10.2 Å². The maximum atomic E-state index is 8.47. The summed E-state index contributed by atoms with van der Waals surface area (Å²) in [7, 11) is 0. The van der Waals surface area contributed by atoms with Crippen molar-refractivity contribution in [2.45, 2.75) is 84.2 Å². The summed E-state index contributed by atoms with van der Waals surface area (Å²) in [5, 5.41) is 12.2. The molecule has 1 aromatic carbocycles. The number of aliphatic imine (C=N–C) groups is 1. The van der Waals surface area contributed by atoms with Gasteiger partial charge in [-0.3, -0.25) is 10.3 Å². The normalized spacial score (nSPS) is 26.4. The maximum absolute atomic E-state index is 8.47. The summed E-state index contributed by atoms with van der Waals surface area (Å²) >= 11 is 0. The van der Waals surface area contributed by atoms with Crippen LogP contribution >= 0.6 is 0 Å². The summed E-state index contributed by atoms with van der Waals surface area (Å²) in [5.41, 5.74) is 7.67. The number of allylic oxidation sites excluding steroid dienone is 4. The first kappa shape index (κ1) is 28.0. The molecule has 0 aromatic heterocycles. The number of amidine groups is 1. The van der Waals surface area contributed by atoms with Crippen LogP contribution in [-0.2, 0) is 0 Å². The molecule has 1 spiro atoms. The Labute approximate surface area is 230 Å². The molecule has 4 nitrogen and oxygen atoms in total. The molecule has 1 atom stereocenters. The molecule has 2 aliphatic carbocycles. The molecule has 1 saturated carbocycles. The Morgan fingerprint density at radius 1 is 1.24 bits per heavy atom. The quantitative estimate of drug-likeness (QED) is 0.277. The zero-order chi connectivity index (χ0) is 27.5. The zero-order valence-corrected chi connectivity index (χ0v) is 24.2. The maximum Gasteiger partial charge on any atom is 0.151 e.